The van der Waals surface area contributed by atoms with E-state index < -0.39 is 0 Å². The summed E-state index contributed by atoms with van der Waals surface area (Å²) in [5, 5.41) is 12.8. The minimum absolute atomic E-state index is 0.571. The van der Waals surface area contributed by atoms with Crippen LogP contribution in [0.2, 0.25) is 0 Å². The largest absolute Gasteiger partial charge is 0.411 e. The maximum atomic E-state index is 9.16. The number of rotatable bonds is 1. The summed E-state index contributed by atoms with van der Waals surface area (Å²) in [6, 6.07) is 0.685. The van der Waals surface area contributed by atoms with Crippen molar-refractivity contribution in [1.82, 2.24) is 4.90 Å². The first-order chi connectivity index (χ1) is 7.90. The van der Waals surface area contributed by atoms with Crippen LogP contribution in [0.3, 0.4) is 0 Å². The third kappa shape index (κ3) is 1.65. The van der Waals surface area contributed by atoms with E-state index in [0.29, 0.717) is 17.9 Å². The summed E-state index contributed by atoms with van der Waals surface area (Å²) in [6.07, 6.45) is 9.21. The number of hydrogen-bond donors (Lipinski definition) is 1. The molecule has 3 fully saturated rings. The molecule has 1 N–H and O–H groups in total. The second-order valence-electron chi connectivity index (χ2n) is 5.65. The van der Waals surface area contributed by atoms with Gasteiger partial charge in [0.25, 0.3) is 0 Å². The van der Waals surface area contributed by atoms with E-state index in [4.69, 9.17) is 5.21 Å². The fraction of sp³-hybridized carbons (Fsp3) is 0.923. The average Bonchev–Trinajstić information content (AvgIpc) is 2.63. The molecule has 16 heavy (non-hydrogen) atoms. The number of nitrogens with zero attached hydrogens (tertiary/aromatic N) is 2. The highest BCUT2D eigenvalue weighted by molar-refractivity contribution is 5.91. The molecule has 0 spiro atoms. The number of likely N-dealkylation sites (tertiary alicyclic amines) is 1. The van der Waals surface area contributed by atoms with E-state index in [2.05, 4.69) is 10.1 Å². The molecule has 0 amide bonds. The van der Waals surface area contributed by atoms with E-state index >= 15 is 0 Å². The molecule has 90 valence electrons. The van der Waals surface area contributed by atoms with Gasteiger partial charge in [-0.15, -0.1) is 0 Å². The summed E-state index contributed by atoms with van der Waals surface area (Å²) in [4.78, 5) is 2.67. The van der Waals surface area contributed by atoms with Gasteiger partial charge in [-0.2, -0.15) is 0 Å². The lowest BCUT2D eigenvalue weighted by molar-refractivity contribution is 0.123. The van der Waals surface area contributed by atoms with Crippen molar-refractivity contribution in [1.29, 1.82) is 0 Å². The summed E-state index contributed by atoms with van der Waals surface area (Å²) in [5.41, 5.74) is 1.13. The number of fused-ring (bicyclic) bond motifs is 2. The number of hydrogen-bond acceptors (Lipinski definition) is 3. The Bertz CT molecular complexity index is 284. The second-order valence-corrected chi connectivity index (χ2v) is 5.65. The molecule has 1 aliphatic heterocycles. The molecule has 3 aliphatic rings. The molecule has 0 aromatic carbocycles. The maximum Gasteiger partial charge on any atom is 0.0648 e. The molecule has 2 aliphatic carbocycles. The molecule has 3 nitrogen and oxygen atoms in total. The lowest BCUT2D eigenvalue weighted by Gasteiger charge is -2.40. The fourth-order valence-corrected chi connectivity index (χ4v) is 4.08. The van der Waals surface area contributed by atoms with Gasteiger partial charge in [-0.05, 0) is 51.6 Å². The molecular formula is C13H22N2O. The quantitative estimate of drug-likeness (QED) is 0.546. The van der Waals surface area contributed by atoms with E-state index in [1.54, 1.807) is 0 Å². The molecule has 1 heterocycles. The van der Waals surface area contributed by atoms with Crippen LogP contribution in [0.25, 0.3) is 0 Å². The molecule has 1 saturated heterocycles. The summed E-state index contributed by atoms with van der Waals surface area (Å²) < 4.78 is 0. The zero-order chi connectivity index (χ0) is 11.0. The van der Waals surface area contributed by atoms with Crippen molar-refractivity contribution >= 4 is 5.71 Å². The standard InChI is InChI=1S/C13H22N2O/c16-14-13-10-4-6-11(13)12(7-5-10)15-8-2-1-3-9-15/h10-12,16H,1-9H2. The van der Waals surface area contributed by atoms with Crippen LogP contribution >= 0.6 is 0 Å². The van der Waals surface area contributed by atoms with E-state index in [-0.39, 0.29) is 0 Å². The highest BCUT2D eigenvalue weighted by Gasteiger charge is 2.44. The lowest BCUT2D eigenvalue weighted by Crippen LogP contribution is -2.47. The molecule has 2 bridgehead atoms. The van der Waals surface area contributed by atoms with Crippen LogP contribution in [-0.4, -0.2) is 35.0 Å². The minimum atomic E-state index is 0.571. The minimum Gasteiger partial charge on any atom is -0.411 e. The van der Waals surface area contributed by atoms with Crippen molar-refractivity contribution in [2.75, 3.05) is 13.1 Å². The van der Waals surface area contributed by atoms with Gasteiger partial charge in [0.15, 0.2) is 0 Å². The summed E-state index contributed by atoms with van der Waals surface area (Å²) in [7, 11) is 0. The third-order valence-electron chi connectivity index (χ3n) is 4.87. The van der Waals surface area contributed by atoms with Gasteiger partial charge < -0.3 is 5.21 Å². The van der Waals surface area contributed by atoms with E-state index in [1.165, 1.54) is 58.0 Å². The maximum absolute atomic E-state index is 9.16. The molecule has 3 atom stereocenters. The van der Waals surface area contributed by atoms with Crippen molar-refractivity contribution in [3.8, 4) is 0 Å². The topological polar surface area (TPSA) is 35.8 Å². The zero-order valence-corrected chi connectivity index (χ0v) is 9.94. The van der Waals surface area contributed by atoms with E-state index in [9.17, 15) is 0 Å². The Morgan fingerprint density at radius 3 is 2.50 bits per heavy atom. The lowest BCUT2D eigenvalue weighted by atomic mass is 9.81. The third-order valence-corrected chi connectivity index (χ3v) is 4.87. The smallest absolute Gasteiger partial charge is 0.0648 e. The molecule has 2 saturated carbocycles. The second kappa shape index (κ2) is 4.36. The van der Waals surface area contributed by atoms with E-state index in [1.807, 2.05) is 0 Å². The highest BCUT2D eigenvalue weighted by atomic mass is 16.4. The van der Waals surface area contributed by atoms with Crippen molar-refractivity contribution in [3.05, 3.63) is 0 Å². The van der Waals surface area contributed by atoms with Gasteiger partial charge in [-0.1, -0.05) is 11.6 Å². The van der Waals surface area contributed by atoms with Crippen molar-refractivity contribution < 1.29 is 5.21 Å². The van der Waals surface area contributed by atoms with Gasteiger partial charge in [-0.25, -0.2) is 0 Å². The number of oxime groups is 1. The Hall–Kier alpha value is -0.570. The monoisotopic (exact) mass is 222 g/mol. The van der Waals surface area contributed by atoms with Crippen LogP contribution in [0.5, 0.6) is 0 Å². The van der Waals surface area contributed by atoms with Gasteiger partial charge in [-0.3, -0.25) is 4.90 Å². The van der Waals surface area contributed by atoms with Crippen molar-refractivity contribution in [2.45, 2.75) is 51.0 Å². The zero-order valence-electron chi connectivity index (χ0n) is 9.94. The molecule has 3 unspecified atom stereocenters. The molecule has 3 heteroatoms. The van der Waals surface area contributed by atoms with Gasteiger partial charge in [0, 0.05) is 17.9 Å². The summed E-state index contributed by atoms with van der Waals surface area (Å²) in [6.45, 7) is 2.54. The molecule has 0 aromatic heterocycles. The van der Waals surface area contributed by atoms with Crippen molar-refractivity contribution in [2.24, 2.45) is 17.0 Å². The van der Waals surface area contributed by atoms with Crippen LogP contribution in [0.4, 0.5) is 0 Å². The predicted octanol–water partition coefficient (Wildman–Crippen LogP) is 2.49. The first kappa shape index (κ1) is 10.6. The molecule has 0 radical (unpaired) electrons. The van der Waals surface area contributed by atoms with Crippen LogP contribution in [-0.2, 0) is 0 Å². The normalized spacial score (nSPS) is 42.8. The van der Waals surface area contributed by atoms with Gasteiger partial charge in [0.05, 0.1) is 5.71 Å². The van der Waals surface area contributed by atoms with Crippen LogP contribution in [0.15, 0.2) is 5.16 Å². The average molecular weight is 222 g/mol. The summed E-state index contributed by atoms with van der Waals surface area (Å²) in [5.74, 6) is 1.18. The van der Waals surface area contributed by atoms with Crippen LogP contribution < -0.4 is 0 Å². The Labute approximate surface area is 97.5 Å². The van der Waals surface area contributed by atoms with Gasteiger partial charge >= 0.3 is 0 Å². The Morgan fingerprint density at radius 2 is 1.75 bits per heavy atom. The Kier molecular flexibility index (Phi) is 2.88. The SMILES string of the molecule is ON=C1C2CCC1C(N1CCCCC1)CC2. The number of piperidine rings is 1. The van der Waals surface area contributed by atoms with Crippen molar-refractivity contribution in [3.63, 3.8) is 0 Å². The van der Waals surface area contributed by atoms with Crippen LogP contribution in [0.1, 0.15) is 44.9 Å². The summed E-state index contributed by atoms with van der Waals surface area (Å²) >= 11 is 0. The highest BCUT2D eigenvalue weighted by Crippen LogP contribution is 2.42. The first-order valence-electron chi connectivity index (χ1n) is 6.86. The Balaban J connectivity index is 1.75. The van der Waals surface area contributed by atoms with E-state index in [0.717, 1.165) is 5.71 Å². The molecular weight excluding hydrogens is 200 g/mol. The molecule has 0 aromatic rings. The first-order valence-corrected chi connectivity index (χ1v) is 6.86. The van der Waals surface area contributed by atoms with Gasteiger partial charge in [0.2, 0.25) is 0 Å². The fourth-order valence-electron chi connectivity index (χ4n) is 4.08. The van der Waals surface area contributed by atoms with Crippen LogP contribution in [0, 0.1) is 11.8 Å². The molecule has 3 rings (SSSR count). The predicted molar refractivity (Wildman–Crippen MR) is 63.9 cm³/mol. The van der Waals surface area contributed by atoms with Gasteiger partial charge in [0.1, 0.15) is 0 Å². The Morgan fingerprint density at radius 1 is 1.00 bits per heavy atom.